The molecule has 0 unspecified atom stereocenters. The Hall–Kier alpha value is -1.97. The Labute approximate surface area is 169 Å². The molecule has 8 nitrogen and oxygen atoms in total. The van der Waals surface area contributed by atoms with Gasteiger partial charge >= 0.3 is 5.69 Å². The second kappa shape index (κ2) is 11.0. The van der Waals surface area contributed by atoms with E-state index < -0.39 is 4.92 Å². The molecule has 0 amide bonds. The Morgan fingerprint density at radius 2 is 1.96 bits per heavy atom. The van der Waals surface area contributed by atoms with Gasteiger partial charge in [-0.1, -0.05) is 0 Å². The standard InChI is InChI=1S/C17H25N5O3S.ClH/c1-20(2)11-13-5-6-14(25-13)12-26-10-9-18-17-15(22(23)24)7-8-16(19-17)21(3)4;/h5-8H,9-12H2,1-4H3,(H,18,19);1H. The van der Waals surface area contributed by atoms with Crippen LogP contribution in [-0.4, -0.2) is 50.4 Å². The maximum absolute atomic E-state index is 11.1. The van der Waals surface area contributed by atoms with Crippen LogP contribution in [0, 0.1) is 10.1 Å². The van der Waals surface area contributed by atoms with Crippen molar-refractivity contribution in [3.05, 3.63) is 45.9 Å². The number of aromatic nitrogens is 1. The highest BCUT2D eigenvalue weighted by molar-refractivity contribution is 7.98. The summed E-state index contributed by atoms with van der Waals surface area (Å²) in [5.41, 5.74) is -0.0116. The Morgan fingerprint density at radius 1 is 1.26 bits per heavy atom. The van der Waals surface area contributed by atoms with E-state index in [1.54, 1.807) is 17.8 Å². The van der Waals surface area contributed by atoms with Gasteiger partial charge in [-0.25, -0.2) is 4.98 Å². The smallest absolute Gasteiger partial charge is 0.311 e. The molecule has 0 fully saturated rings. The van der Waals surface area contributed by atoms with Gasteiger partial charge in [0.1, 0.15) is 18.1 Å². The number of hydrogen-bond acceptors (Lipinski definition) is 7. The molecule has 150 valence electrons. The molecule has 27 heavy (non-hydrogen) atoms. The highest BCUT2D eigenvalue weighted by atomic mass is 35.5. The van der Waals surface area contributed by atoms with Crippen molar-refractivity contribution in [2.24, 2.45) is 0 Å². The first-order valence-corrected chi connectivity index (χ1v) is 9.53. The summed E-state index contributed by atoms with van der Waals surface area (Å²) in [5, 5.41) is 14.2. The second-order valence-corrected chi connectivity index (χ2v) is 7.53. The Morgan fingerprint density at radius 3 is 2.59 bits per heavy atom. The fourth-order valence-electron chi connectivity index (χ4n) is 2.33. The van der Waals surface area contributed by atoms with E-state index in [0.29, 0.717) is 18.2 Å². The predicted molar refractivity (Wildman–Crippen MR) is 105 cm³/mol. The van der Waals surface area contributed by atoms with Gasteiger partial charge in [-0.2, -0.15) is 11.8 Å². The van der Waals surface area contributed by atoms with Gasteiger partial charge in [0.25, 0.3) is 0 Å². The lowest BCUT2D eigenvalue weighted by Crippen LogP contribution is -3.04. The maximum Gasteiger partial charge on any atom is 0.311 e. The molecular weight excluding hydrogens is 390 g/mol. The van der Waals surface area contributed by atoms with Crippen molar-refractivity contribution in [2.45, 2.75) is 12.3 Å². The number of thioether (sulfide) groups is 1. The summed E-state index contributed by atoms with van der Waals surface area (Å²) in [7, 11) is 7.87. The molecule has 0 aliphatic heterocycles. The molecule has 2 rings (SSSR count). The average molecular weight is 416 g/mol. The van der Waals surface area contributed by atoms with E-state index in [0.717, 1.165) is 29.6 Å². The molecule has 10 heteroatoms. The van der Waals surface area contributed by atoms with Crippen LogP contribution in [0.1, 0.15) is 11.5 Å². The highest BCUT2D eigenvalue weighted by Gasteiger charge is 2.16. The molecule has 0 saturated heterocycles. The lowest BCUT2D eigenvalue weighted by Gasteiger charge is -2.13. The van der Waals surface area contributed by atoms with Gasteiger partial charge in [-0.15, -0.1) is 0 Å². The van der Waals surface area contributed by atoms with Crippen LogP contribution in [0.5, 0.6) is 0 Å². The van der Waals surface area contributed by atoms with Gasteiger partial charge in [0.2, 0.25) is 5.82 Å². The normalized spacial score (nSPS) is 10.6. The first-order valence-electron chi connectivity index (χ1n) is 8.38. The number of pyridine rings is 1. The van der Waals surface area contributed by atoms with E-state index in [1.807, 2.05) is 31.1 Å². The summed E-state index contributed by atoms with van der Waals surface area (Å²) in [6.45, 7) is 1.45. The number of furan rings is 1. The van der Waals surface area contributed by atoms with Gasteiger partial charge in [0, 0.05) is 32.5 Å². The SMILES string of the molecule is CN(C)c1ccc([N+](=O)[O-])c(NCCSCc2ccc(C[NH+](C)C)o2)n1.[Cl-]. The Bertz CT molecular complexity index is 739. The third-order valence-electron chi connectivity index (χ3n) is 3.54. The van der Waals surface area contributed by atoms with Gasteiger partial charge in [0.15, 0.2) is 5.76 Å². The predicted octanol–water partition coefficient (Wildman–Crippen LogP) is -1.36. The molecule has 0 radical (unpaired) electrons. The van der Waals surface area contributed by atoms with Crippen LogP contribution in [0.25, 0.3) is 0 Å². The van der Waals surface area contributed by atoms with E-state index in [-0.39, 0.29) is 18.1 Å². The summed E-state index contributed by atoms with van der Waals surface area (Å²) < 4.78 is 5.78. The van der Waals surface area contributed by atoms with Crippen LogP contribution in [-0.2, 0) is 12.3 Å². The van der Waals surface area contributed by atoms with E-state index in [9.17, 15) is 10.1 Å². The molecule has 2 aromatic rings. The lowest BCUT2D eigenvalue weighted by atomic mass is 10.3. The average Bonchev–Trinajstić information content (AvgIpc) is 3.00. The second-order valence-electron chi connectivity index (χ2n) is 6.42. The number of halogens is 1. The molecule has 0 atom stereocenters. The van der Waals surface area contributed by atoms with Crippen LogP contribution in [0.3, 0.4) is 0 Å². The number of rotatable bonds is 10. The van der Waals surface area contributed by atoms with Crippen molar-refractivity contribution < 1.29 is 26.6 Å². The summed E-state index contributed by atoms with van der Waals surface area (Å²) in [4.78, 5) is 18.2. The van der Waals surface area contributed by atoms with Crippen molar-refractivity contribution in [3.8, 4) is 0 Å². The quantitative estimate of drug-likeness (QED) is 0.281. The molecule has 2 aromatic heterocycles. The zero-order chi connectivity index (χ0) is 19.1. The number of quaternary nitrogens is 1. The summed E-state index contributed by atoms with van der Waals surface area (Å²) in [6.07, 6.45) is 0. The number of hydrogen-bond donors (Lipinski definition) is 2. The number of nitrogens with one attached hydrogen (secondary N) is 2. The number of nitro groups is 1. The number of anilines is 2. The maximum atomic E-state index is 11.1. The zero-order valence-corrected chi connectivity index (χ0v) is 17.6. The first kappa shape index (κ1) is 23.1. The summed E-state index contributed by atoms with van der Waals surface area (Å²) >= 11 is 1.71. The van der Waals surface area contributed by atoms with Crippen LogP contribution >= 0.6 is 11.8 Å². The third-order valence-corrected chi connectivity index (χ3v) is 4.52. The van der Waals surface area contributed by atoms with Crippen molar-refractivity contribution in [1.82, 2.24) is 4.98 Å². The lowest BCUT2D eigenvalue weighted by molar-refractivity contribution is -0.873. The van der Waals surface area contributed by atoms with Crippen molar-refractivity contribution >= 4 is 29.1 Å². The third kappa shape index (κ3) is 7.28. The van der Waals surface area contributed by atoms with Crippen molar-refractivity contribution in [2.75, 3.05) is 50.7 Å². The molecule has 2 heterocycles. The molecule has 2 N–H and O–H groups in total. The Balaban J connectivity index is 0.00000364. The molecule has 0 aliphatic rings. The van der Waals surface area contributed by atoms with E-state index in [4.69, 9.17) is 4.42 Å². The van der Waals surface area contributed by atoms with Crippen LogP contribution in [0.2, 0.25) is 0 Å². The minimum atomic E-state index is -0.418. The summed E-state index contributed by atoms with van der Waals surface area (Å²) in [6, 6.07) is 7.14. The Kier molecular flexibility index (Phi) is 9.40. The van der Waals surface area contributed by atoms with Gasteiger partial charge < -0.3 is 31.9 Å². The minimum Gasteiger partial charge on any atom is -1.00 e. The van der Waals surface area contributed by atoms with Gasteiger partial charge in [-0.05, 0) is 18.2 Å². The van der Waals surface area contributed by atoms with Crippen molar-refractivity contribution in [3.63, 3.8) is 0 Å². The van der Waals surface area contributed by atoms with Crippen LogP contribution in [0.15, 0.2) is 28.7 Å². The molecule has 0 aromatic carbocycles. The van der Waals surface area contributed by atoms with E-state index >= 15 is 0 Å². The van der Waals surface area contributed by atoms with Crippen LogP contribution < -0.4 is 27.5 Å². The molecule has 0 spiro atoms. The number of nitrogens with zero attached hydrogens (tertiary/aromatic N) is 3. The molecule has 0 aliphatic carbocycles. The monoisotopic (exact) mass is 415 g/mol. The molecule has 0 saturated carbocycles. The van der Waals surface area contributed by atoms with Gasteiger partial charge in [-0.3, -0.25) is 10.1 Å². The largest absolute Gasteiger partial charge is 1.00 e. The first-order chi connectivity index (χ1) is 12.4. The summed E-state index contributed by atoms with van der Waals surface area (Å²) in [5.74, 6) is 4.48. The van der Waals surface area contributed by atoms with Gasteiger partial charge in [0.05, 0.1) is 24.8 Å². The highest BCUT2D eigenvalue weighted by Crippen LogP contribution is 2.25. The van der Waals surface area contributed by atoms with E-state index in [2.05, 4.69) is 24.4 Å². The van der Waals surface area contributed by atoms with Crippen LogP contribution in [0.4, 0.5) is 17.3 Å². The minimum absolute atomic E-state index is 0. The zero-order valence-electron chi connectivity index (χ0n) is 16.0. The topological polar surface area (TPSA) is 88.9 Å². The molecular formula is C17H26ClN5O3S. The van der Waals surface area contributed by atoms with Crippen molar-refractivity contribution in [1.29, 1.82) is 0 Å². The fraction of sp³-hybridized carbons (Fsp3) is 0.471. The van der Waals surface area contributed by atoms with E-state index in [1.165, 1.54) is 11.0 Å². The molecule has 0 bridgehead atoms. The fourth-order valence-corrected chi connectivity index (χ4v) is 3.07.